The number of halogens is 2. The van der Waals surface area contributed by atoms with Crippen molar-refractivity contribution in [1.82, 2.24) is 0 Å². The van der Waals surface area contributed by atoms with Gasteiger partial charge in [0.1, 0.15) is 0 Å². The molecule has 0 fully saturated rings. The Morgan fingerprint density at radius 1 is 1.27 bits per heavy atom. The number of aryl methyl sites for hydroxylation is 1. The van der Waals surface area contributed by atoms with Crippen LogP contribution in [-0.4, -0.2) is 13.4 Å². The van der Waals surface area contributed by atoms with Gasteiger partial charge < -0.3 is 0 Å². The Morgan fingerprint density at radius 2 is 1.73 bits per heavy atom. The molecule has 0 aliphatic heterocycles. The summed E-state index contributed by atoms with van der Waals surface area (Å²) in [4.78, 5) is 0. The van der Waals surface area contributed by atoms with Gasteiger partial charge in [-0.2, -0.15) is 0 Å². The van der Waals surface area contributed by atoms with Gasteiger partial charge in [-0.05, 0) is 0 Å². The van der Waals surface area contributed by atoms with Crippen molar-refractivity contribution < 1.29 is 8.78 Å². The first kappa shape index (κ1) is 8.11. The van der Waals surface area contributed by atoms with Gasteiger partial charge in [0.25, 0.3) is 0 Å². The third kappa shape index (κ3) is 1.53. The third-order valence-corrected chi connectivity index (χ3v) is 1.43. The van der Waals surface area contributed by atoms with Crippen molar-refractivity contribution in [2.75, 3.05) is 0 Å². The van der Waals surface area contributed by atoms with Gasteiger partial charge in [0.2, 0.25) is 0 Å². The SMILES string of the molecule is C=Bc1c(F)cc(C)cc1F. The average molecular weight is 152 g/mol. The Hall–Kier alpha value is -0.985. The molecule has 0 radical (unpaired) electrons. The van der Waals surface area contributed by atoms with E-state index in [0.29, 0.717) is 5.56 Å². The molecule has 1 aromatic rings. The minimum absolute atomic E-state index is 0.0596. The first-order valence-corrected chi connectivity index (χ1v) is 3.23. The molecule has 11 heavy (non-hydrogen) atoms. The molecule has 0 saturated heterocycles. The van der Waals surface area contributed by atoms with Crippen LogP contribution in [0.15, 0.2) is 12.1 Å². The summed E-state index contributed by atoms with van der Waals surface area (Å²) in [7, 11) is 0. The molecule has 0 aliphatic rings. The normalized spacial score (nSPS) is 9.36. The summed E-state index contributed by atoms with van der Waals surface area (Å²) in [5.41, 5.74) is 0.515. The van der Waals surface area contributed by atoms with Crippen LogP contribution in [0, 0.1) is 18.6 Å². The average Bonchev–Trinajstić information content (AvgIpc) is 1.85. The molecule has 1 aromatic carbocycles. The van der Waals surface area contributed by atoms with E-state index in [1.165, 1.54) is 19.1 Å². The van der Waals surface area contributed by atoms with Crippen LogP contribution >= 0.6 is 0 Å². The van der Waals surface area contributed by atoms with Crippen molar-refractivity contribution >= 4 is 18.9 Å². The summed E-state index contributed by atoms with van der Waals surface area (Å²) in [6.45, 7) is 6.11. The van der Waals surface area contributed by atoms with Crippen molar-refractivity contribution in [2.24, 2.45) is 0 Å². The van der Waals surface area contributed by atoms with Crippen molar-refractivity contribution in [3.05, 3.63) is 29.3 Å². The number of rotatable bonds is 1. The number of hydrogen-bond donors (Lipinski definition) is 0. The van der Waals surface area contributed by atoms with E-state index in [4.69, 9.17) is 0 Å². The van der Waals surface area contributed by atoms with E-state index >= 15 is 0 Å². The molecule has 0 heterocycles. The molecule has 0 nitrogen and oxygen atoms in total. The Kier molecular flexibility index (Phi) is 2.18. The Balaban J connectivity index is 3.36. The maximum atomic E-state index is 12.8. The van der Waals surface area contributed by atoms with Gasteiger partial charge in [-0.1, -0.05) is 0 Å². The Bertz CT molecular complexity index is 271. The molecular weight excluding hydrogens is 145 g/mol. The second kappa shape index (κ2) is 2.95. The zero-order valence-corrected chi connectivity index (χ0v) is 6.20. The Morgan fingerprint density at radius 3 is 2.09 bits per heavy atom. The fourth-order valence-electron chi connectivity index (χ4n) is 0.906. The predicted molar refractivity (Wildman–Crippen MR) is 43.6 cm³/mol. The summed E-state index contributed by atoms with van der Waals surface area (Å²) in [6.07, 6.45) is 0. The molecule has 1 rings (SSSR count). The van der Waals surface area contributed by atoms with Crippen LogP contribution in [0.2, 0.25) is 0 Å². The molecular formula is C8H7BF2. The summed E-state index contributed by atoms with van der Waals surface area (Å²) >= 11 is 0. The standard InChI is InChI=1S/C8H7BF2/c1-5-3-6(10)8(9-2)7(11)4-5/h3-4H,2H2,1H3. The van der Waals surface area contributed by atoms with E-state index < -0.39 is 11.6 Å². The second-order valence-corrected chi connectivity index (χ2v) is 2.35. The van der Waals surface area contributed by atoms with Crippen LogP contribution in [0.4, 0.5) is 8.78 Å². The maximum absolute atomic E-state index is 12.8. The molecule has 0 aromatic heterocycles. The van der Waals surface area contributed by atoms with Gasteiger partial charge in [-0.15, -0.1) is 0 Å². The molecule has 0 bridgehead atoms. The molecule has 0 unspecified atom stereocenters. The van der Waals surface area contributed by atoms with Gasteiger partial charge in [0.15, 0.2) is 0 Å². The van der Waals surface area contributed by atoms with Crippen LogP contribution in [0.25, 0.3) is 0 Å². The quantitative estimate of drug-likeness (QED) is 0.527. The van der Waals surface area contributed by atoms with Crippen molar-refractivity contribution in [2.45, 2.75) is 6.92 Å². The molecule has 3 heteroatoms. The fourth-order valence-corrected chi connectivity index (χ4v) is 0.906. The fraction of sp³-hybridized carbons (Fsp3) is 0.125. The molecule has 56 valence electrons. The zero-order chi connectivity index (χ0) is 8.43. The van der Waals surface area contributed by atoms with E-state index in [-0.39, 0.29) is 5.46 Å². The third-order valence-electron chi connectivity index (χ3n) is 1.43. The molecule has 0 saturated carbocycles. The summed E-state index contributed by atoms with van der Waals surface area (Å²) in [5, 5.41) is 0. The van der Waals surface area contributed by atoms with Gasteiger partial charge in [0.05, 0.1) is 0 Å². The van der Waals surface area contributed by atoms with Crippen LogP contribution < -0.4 is 5.46 Å². The van der Waals surface area contributed by atoms with Crippen molar-refractivity contribution in [1.29, 1.82) is 0 Å². The first-order chi connectivity index (χ1) is 5.15. The first-order valence-electron chi connectivity index (χ1n) is 3.23. The van der Waals surface area contributed by atoms with E-state index in [9.17, 15) is 8.78 Å². The van der Waals surface area contributed by atoms with Crippen LogP contribution in [-0.2, 0) is 0 Å². The van der Waals surface area contributed by atoms with E-state index in [0.717, 1.165) is 0 Å². The van der Waals surface area contributed by atoms with E-state index in [2.05, 4.69) is 6.47 Å². The van der Waals surface area contributed by atoms with Gasteiger partial charge in [-0.25, -0.2) is 0 Å². The molecule has 0 spiro atoms. The monoisotopic (exact) mass is 152 g/mol. The molecule has 0 aliphatic carbocycles. The van der Waals surface area contributed by atoms with Crippen LogP contribution in [0.1, 0.15) is 5.56 Å². The second-order valence-electron chi connectivity index (χ2n) is 2.35. The van der Waals surface area contributed by atoms with Gasteiger partial charge >= 0.3 is 63.9 Å². The molecule has 0 N–H and O–H groups in total. The van der Waals surface area contributed by atoms with Gasteiger partial charge in [-0.3, -0.25) is 0 Å². The predicted octanol–water partition coefficient (Wildman–Crippen LogP) is 1.03. The molecule has 0 atom stereocenters. The topological polar surface area (TPSA) is 0 Å². The zero-order valence-electron chi connectivity index (χ0n) is 6.20. The van der Waals surface area contributed by atoms with Gasteiger partial charge in [0, 0.05) is 0 Å². The van der Waals surface area contributed by atoms with Crippen LogP contribution in [0.3, 0.4) is 0 Å². The number of benzene rings is 1. The van der Waals surface area contributed by atoms with Crippen molar-refractivity contribution in [3.63, 3.8) is 0 Å². The van der Waals surface area contributed by atoms with Crippen molar-refractivity contribution in [3.8, 4) is 0 Å². The Labute approximate surface area is 64.8 Å². The number of hydrogen-bond acceptors (Lipinski definition) is 0. The summed E-state index contributed by atoms with van der Waals surface area (Å²) in [5.74, 6) is -1.12. The van der Waals surface area contributed by atoms with E-state index in [1.54, 1.807) is 6.92 Å². The molecule has 0 amide bonds. The van der Waals surface area contributed by atoms with Crippen LogP contribution in [0.5, 0.6) is 0 Å². The minimum atomic E-state index is -0.558. The summed E-state index contributed by atoms with van der Waals surface area (Å²) in [6, 6.07) is 2.56. The van der Waals surface area contributed by atoms with E-state index in [1.807, 2.05) is 0 Å². The summed E-state index contributed by atoms with van der Waals surface area (Å²) < 4.78 is 25.6.